The highest BCUT2D eigenvalue weighted by atomic mass is 19.1. The van der Waals surface area contributed by atoms with Crippen molar-refractivity contribution in [2.45, 2.75) is 6.92 Å². The van der Waals surface area contributed by atoms with Crippen LogP contribution in [0.5, 0.6) is 0 Å². The summed E-state index contributed by atoms with van der Waals surface area (Å²) in [6.45, 7) is 1.64. The number of halogens is 1. The van der Waals surface area contributed by atoms with Crippen molar-refractivity contribution in [3.05, 3.63) is 50.4 Å². The van der Waals surface area contributed by atoms with Gasteiger partial charge in [-0.05, 0) is 18.6 Å². The molecule has 0 aliphatic rings. The number of aromatic nitrogens is 4. The van der Waals surface area contributed by atoms with Gasteiger partial charge in [-0.2, -0.15) is 0 Å². The Kier molecular flexibility index (Phi) is 2.56. The fourth-order valence-corrected chi connectivity index (χ4v) is 2.06. The van der Waals surface area contributed by atoms with Crippen molar-refractivity contribution < 1.29 is 4.39 Å². The molecule has 0 spiro atoms. The van der Waals surface area contributed by atoms with Crippen molar-refractivity contribution in [3.63, 3.8) is 0 Å². The molecule has 0 aliphatic heterocycles. The fraction of sp³-hybridized carbons (Fsp3) is 0.154. The average Bonchev–Trinajstić information content (AvgIpc) is 2.85. The molecule has 0 atom stereocenters. The summed E-state index contributed by atoms with van der Waals surface area (Å²) in [5, 5.41) is 0. The molecule has 0 unspecified atom stereocenters. The lowest BCUT2D eigenvalue weighted by Crippen LogP contribution is -2.28. The molecule has 1 aromatic carbocycles. The Balaban J connectivity index is 2.37. The molecule has 2 heterocycles. The summed E-state index contributed by atoms with van der Waals surface area (Å²) >= 11 is 0. The number of H-pyrrole nitrogens is 2. The minimum atomic E-state index is -0.574. The van der Waals surface area contributed by atoms with Crippen molar-refractivity contribution in [2.24, 2.45) is 7.05 Å². The lowest BCUT2D eigenvalue weighted by atomic mass is 10.1. The van der Waals surface area contributed by atoms with Gasteiger partial charge in [-0.25, -0.2) is 14.2 Å². The number of nitrogens with zero attached hydrogens (tertiary/aromatic N) is 2. The summed E-state index contributed by atoms with van der Waals surface area (Å²) < 4.78 is 15.3. The van der Waals surface area contributed by atoms with E-state index < -0.39 is 17.1 Å². The number of nitrogens with one attached hydrogen (secondary N) is 2. The average molecular weight is 274 g/mol. The number of rotatable bonds is 1. The number of fused-ring (bicyclic) bond motifs is 1. The van der Waals surface area contributed by atoms with E-state index >= 15 is 0 Å². The van der Waals surface area contributed by atoms with Gasteiger partial charge in [0.2, 0.25) is 0 Å². The number of hydrogen-bond acceptors (Lipinski definition) is 3. The molecule has 0 aliphatic carbocycles. The van der Waals surface area contributed by atoms with E-state index in [0.717, 1.165) is 0 Å². The molecule has 6 nitrogen and oxygen atoms in total. The van der Waals surface area contributed by atoms with Gasteiger partial charge in [0.25, 0.3) is 5.56 Å². The monoisotopic (exact) mass is 274 g/mol. The molecule has 0 saturated carbocycles. The zero-order chi connectivity index (χ0) is 14.4. The molecule has 2 aromatic heterocycles. The summed E-state index contributed by atoms with van der Waals surface area (Å²) in [6.07, 6.45) is 0. The predicted molar refractivity (Wildman–Crippen MR) is 72.1 cm³/mol. The van der Waals surface area contributed by atoms with Gasteiger partial charge in [-0.15, -0.1) is 0 Å². The van der Waals surface area contributed by atoms with Crippen LogP contribution in [-0.4, -0.2) is 19.5 Å². The number of aromatic amines is 2. The van der Waals surface area contributed by atoms with Crippen LogP contribution >= 0.6 is 0 Å². The number of hydrogen-bond donors (Lipinski definition) is 2. The van der Waals surface area contributed by atoms with E-state index in [-0.39, 0.29) is 22.6 Å². The van der Waals surface area contributed by atoms with Crippen LogP contribution in [-0.2, 0) is 7.05 Å². The van der Waals surface area contributed by atoms with Gasteiger partial charge in [0.1, 0.15) is 17.2 Å². The van der Waals surface area contributed by atoms with Crippen molar-refractivity contribution in [1.29, 1.82) is 0 Å². The SMILES string of the molecule is Cc1cccc(-c2nc3c([nH]2)c(=O)[nH]c(=O)n3C)c1F. The normalized spacial score (nSPS) is 11.2. The molecule has 3 rings (SSSR count). The van der Waals surface area contributed by atoms with Crippen LogP contribution in [0.25, 0.3) is 22.6 Å². The van der Waals surface area contributed by atoms with Gasteiger partial charge in [-0.3, -0.25) is 14.3 Å². The highest BCUT2D eigenvalue weighted by molar-refractivity contribution is 5.75. The Morgan fingerprint density at radius 2 is 2.00 bits per heavy atom. The first-order chi connectivity index (χ1) is 9.49. The third-order valence-electron chi connectivity index (χ3n) is 3.20. The minimum absolute atomic E-state index is 0.142. The van der Waals surface area contributed by atoms with E-state index in [0.29, 0.717) is 5.56 Å². The van der Waals surface area contributed by atoms with Crippen molar-refractivity contribution in [1.82, 2.24) is 19.5 Å². The molecule has 3 aromatic rings. The summed E-state index contributed by atoms with van der Waals surface area (Å²) in [4.78, 5) is 32.3. The Labute approximate surface area is 111 Å². The van der Waals surface area contributed by atoms with Gasteiger partial charge >= 0.3 is 5.69 Å². The van der Waals surface area contributed by atoms with Gasteiger partial charge < -0.3 is 4.98 Å². The van der Waals surface area contributed by atoms with Crippen molar-refractivity contribution in [3.8, 4) is 11.4 Å². The standard InChI is InChI=1S/C13H11FN4O2/c1-6-4-3-5-7(8(6)14)10-15-9-11(16-10)18(2)13(20)17-12(9)19/h3-5H,1-2H3,(H,15,16)(H,17,19,20). The van der Waals surface area contributed by atoms with Gasteiger partial charge in [0, 0.05) is 7.05 Å². The number of imidazole rings is 1. The first-order valence-corrected chi connectivity index (χ1v) is 5.93. The third-order valence-corrected chi connectivity index (χ3v) is 3.20. The van der Waals surface area contributed by atoms with Gasteiger partial charge in [-0.1, -0.05) is 12.1 Å². The van der Waals surface area contributed by atoms with Crippen LogP contribution < -0.4 is 11.2 Å². The Morgan fingerprint density at radius 3 is 2.75 bits per heavy atom. The van der Waals surface area contributed by atoms with Crippen LogP contribution in [0.3, 0.4) is 0 Å². The Bertz CT molecular complexity index is 936. The predicted octanol–water partition coefficient (Wildman–Crippen LogP) is 1.06. The second kappa shape index (κ2) is 4.16. The summed E-state index contributed by atoms with van der Waals surface area (Å²) in [5.41, 5.74) is -0.0726. The summed E-state index contributed by atoms with van der Waals surface area (Å²) in [7, 11) is 1.48. The van der Waals surface area contributed by atoms with Gasteiger partial charge in [0.15, 0.2) is 5.65 Å². The Morgan fingerprint density at radius 1 is 1.25 bits per heavy atom. The zero-order valence-corrected chi connectivity index (χ0v) is 10.8. The molecule has 0 radical (unpaired) electrons. The molecule has 20 heavy (non-hydrogen) atoms. The van der Waals surface area contributed by atoms with E-state index in [1.165, 1.54) is 11.6 Å². The maximum atomic E-state index is 14.1. The summed E-state index contributed by atoms with van der Waals surface area (Å²) in [5.74, 6) is -0.194. The zero-order valence-electron chi connectivity index (χ0n) is 10.8. The van der Waals surface area contributed by atoms with Crippen LogP contribution in [0.15, 0.2) is 27.8 Å². The first kappa shape index (κ1) is 12.3. The van der Waals surface area contributed by atoms with Crippen LogP contribution in [0.4, 0.5) is 4.39 Å². The fourth-order valence-electron chi connectivity index (χ4n) is 2.06. The first-order valence-electron chi connectivity index (χ1n) is 5.93. The topological polar surface area (TPSA) is 83.5 Å². The highest BCUT2D eigenvalue weighted by Gasteiger charge is 2.15. The van der Waals surface area contributed by atoms with Crippen LogP contribution in [0, 0.1) is 12.7 Å². The molecule has 2 N–H and O–H groups in total. The second-order valence-corrected chi connectivity index (χ2v) is 4.54. The maximum absolute atomic E-state index is 14.1. The quantitative estimate of drug-likeness (QED) is 0.696. The van der Waals surface area contributed by atoms with E-state index in [9.17, 15) is 14.0 Å². The second-order valence-electron chi connectivity index (χ2n) is 4.54. The number of benzene rings is 1. The lowest BCUT2D eigenvalue weighted by molar-refractivity contribution is 0.621. The van der Waals surface area contributed by atoms with Crippen molar-refractivity contribution in [2.75, 3.05) is 0 Å². The third kappa shape index (κ3) is 1.67. The van der Waals surface area contributed by atoms with Gasteiger partial charge in [0.05, 0.1) is 5.56 Å². The largest absolute Gasteiger partial charge is 0.332 e. The highest BCUT2D eigenvalue weighted by Crippen LogP contribution is 2.23. The van der Waals surface area contributed by atoms with E-state index in [4.69, 9.17) is 0 Å². The molecule has 0 fully saturated rings. The number of aryl methyl sites for hydroxylation is 2. The van der Waals surface area contributed by atoms with Crippen LogP contribution in [0.1, 0.15) is 5.56 Å². The molecule has 0 saturated heterocycles. The van der Waals surface area contributed by atoms with E-state index in [1.807, 2.05) is 0 Å². The van der Waals surface area contributed by atoms with E-state index in [2.05, 4.69) is 15.0 Å². The molecular weight excluding hydrogens is 263 g/mol. The molecule has 7 heteroatoms. The Hall–Kier alpha value is -2.70. The van der Waals surface area contributed by atoms with E-state index in [1.54, 1.807) is 25.1 Å². The smallest absolute Gasteiger partial charge is 0.329 e. The summed E-state index contributed by atoms with van der Waals surface area (Å²) in [6, 6.07) is 4.90. The van der Waals surface area contributed by atoms with Crippen LogP contribution in [0.2, 0.25) is 0 Å². The molecule has 0 bridgehead atoms. The molecule has 102 valence electrons. The molecular formula is C13H11FN4O2. The van der Waals surface area contributed by atoms with Crippen molar-refractivity contribution >= 4 is 11.2 Å². The lowest BCUT2D eigenvalue weighted by Gasteiger charge is -2.01. The molecule has 0 amide bonds. The maximum Gasteiger partial charge on any atom is 0.329 e. The minimum Gasteiger partial charge on any atom is -0.332 e.